The van der Waals surface area contributed by atoms with Crippen molar-refractivity contribution >= 4 is 5.91 Å². The first-order chi connectivity index (χ1) is 14.0. The maximum absolute atomic E-state index is 14.3. The summed E-state index contributed by atoms with van der Waals surface area (Å²) < 4.78 is 14.3. The fourth-order valence-corrected chi connectivity index (χ4v) is 6.71. The second-order valence-corrected chi connectivity index (χ2v) is 10.3. The molecule has 29 heavy (non-hydrogen) atoms. The van der Waals surface area contributed by atoms with Gasteiger partial charge < -0.3 is 11.1 Å². The molecule has 0 heterocycles. The molecule has 3 aliphatic rings. The molecule has 1 amide bonds. The number of rotatable bonds is 6. The van der Waals surface area contributed by atoms with E-state index >= 15 is 0 Å². The summed E-state index contributed by atoms with van der Waals surface area (Å²) in [7, 11) is 0. The fraction of sp³-hybridized carbons (Fsp3) is 0.720. The minimum atomic E-state index is -0.216. The normalized spacial score (nSPS) is 37.1. The molecule has 3 atom stereocenters. The van der Waals surface area contributed by atoms with Crippen LogP contribution < -0.4 is 11.1 Å². The lowest BCUT2D eigenvalue weighted by molar-refractivity contribution is -0.122. The second-order valence-electron chi connectivity index (χ2n) is 10.3. The zero-order valence-electron chi connectivity index (χ0n) is 17.7. The smallest absolute Gasteiger partial charge is 0.220 e. The van der Waals surface area contributed by atoms with Gasteiger partial charge in [0, 0.05) is 18.5 Å². The molecule has 0 aromatic heterocycles. The molecule has 0 spiro atoms. The van der Waals surface area contributed by atoms with E-state index in [2.05, 4.69) is 35.6 Å². The molecule has 3 unspecified atom stereocenters. The van der Waals surface area contributed by atoms with Crippen molar-refractivity contribution in [3.05, 3.63) is 35.9 Å². The SMILES string of the molecule is NC1CCC(NC(=O)CCC2CC3(CF)CCCC(c4ccccc4)(C2)C3)CC1. The van der Waals surface area contributed by atoms with Crippen molar-refractivity contribution in [3.8, 4) is 0 Å². The number of benzene rings is 1. The van der Waals surface area contributed by atoms with Crippen LogP contribution in [0.3, 0.4) is 0 Å². The number of fused-ring (bicyclic) bond motifs is 2. The van der Waals surface area contributed by atoms with Crippen molar-refractivity contribution in [2.45, 2.75) is 94.5 Å². The third kappa shape index (κ3) is 4.68. The molecule has 1 aromatic carbocycles. The molecule has 0 radical (unpaired) electrons. The fourth-order valence-electron chi connectivity index (χ4n) is 6.71. The van der Waals surface area contributed by atoms with Crippen LogP contribution in [0.15, 0.2) is 30.3 Å². The molecule has 3 aliphatic carbocycles. The summed E-state index contributed by atoms with van der Waals surface area (Å²) in [5.74, 6) is 0.606. The number of halogens is 1. The van der Waals surface area contributed by atoms with Crippen molar-refractivity contribution in [3.63, 3.8) is 0 Å². The monoisotopic (exact) mass is 400 g/mol. The van der Waals surface area contributed by atoms with Gasteiger partial charge in [-0.25, -0.2) is 0 Å². The van der Waals surface area contributed by atoms with E-state index in [-0.39, 0.29) is 23.4 Å². The second kappa shape index (κ2) is 8.75. The largest absolute Gasteiger partial charge is 0.353 e. The van der Waals surface area contributed by atoms with Crippen molar-refractivity contribution in [2.75, 3.05) is 6.67 Å². The predicted molar refractivity (Wildman–Crippen MR) is 115 cm³/mol. The van der Waals surface area contributed by atoms with Gasteiger partial charge in [0.1, 0.15) is 0 Å². The maximum Gasteiger partial charge on any atom is 0.220 e. The Morgan fingerprint density at radius 2 is 1.86 bits per heavy atom. The van der Waals surface area contributed by atoms with E-state index in [0.29, 0.717) is 24.4 Å². The molecule has 3 nitrogen and oxygen atoms in total. The average molecular weight is 401 g/mol. The summed E-state index contributed by atoms with van der Waals surface area (Å²) in [6, 6.07) is 11.4. The third-order valence-corrected chi connectivity index (χ3v) is 8.06. The molecule has 3 N–H and O–H groups in total. The molecule has 160 valence electrons. The Kier molecular flexibility index (Phi) is 6.29. The van der Waals surface area contributed by atoms with Gasteiger partial charge in [0.15, 0.2) is 0 Å². The highest BCUT2D eigenvalue weighted by atomic mass is 19.1. The van der Waals surface area contributed by atoms with Gasteiger partial charge in [-0.2, -0.15) is 0 Å². The standard InChI is InChI=1S/C25H37FN2O/c26-18-24-13-4-14-25(17-24,20-5-2-1-3-6-20)16-19(15-24)7-12-23(29)28-22-10-8-21(27)9-11-22/h1-3,5-6,19,21-22H,4,7-18,27H2,(H,28,29). The Bertz CT molecular complexity index is 687. The highest BCUT2D eigenvalue weighted by Gasteiger charge is 2.51. The van der Waals surface area contributed by atoms with Gasteiger partial charge >= 0.3 is 0 Å². The van der Waals surface area contributed by atoms with E-state index in [4.69, 9.17) is 5.73 Å². The molecule has 0 aliphatic heterocycles. The zero-order valence-corrected chi connectivity index (χ0v) is 17.7. The van der Waals surface area contributed by atoms with Crippen LogP contribution in [-0.2, 0) is 10.2 Å². The topological polar surface area (TPSA) is 55.1 Å². The highest BCUT2D eigenvalue weighted by Crippen LogP contribution is 2.59. The Hall–Kier alpha value is -1.42. The van der Waals surface area contributed by atoms with Gasteiger partial charge in [-0.3, -0.25) is 9.18 Å². The number of carbonyl (C=O) groups excluding carboxylic acids is 1. The number of amides is 1. The van der Waals surface area contributed by atoms with Crippen molar-refractivity contribution < 1.29 is 9.18 Å². The summed E-state index contributed by atoms with van der Waals surface area (Å²) in [4.78, 5) is 12.6. The Morgan fingerprint density at radius 3 is 2.59 bits per heavy atom. The molecule has 1 aromatic rings. The molecule has 0 saturated heterocycles. The Morgan fingerprint density at radius 1 is 1.10 bits per heavy atom. The molecule has 4 heteroatoms. The minimum absolute atomic E-state index is 0.102. The summed E-state index contributed by atoms with van der Waals surface area (Å²) in [6.07, 6.45) is 11.8. The number of hydrogen-bond acceptors (Lipinski definition) is 2. The van der Waals surface area contributed by atoms with Crippen LogP contribution in [0.5, 0.6) is 0 Å². The summed E-state index contributed by atoms with van der Waals surface area (Å²) in [5, 5.41) is 3.23. The predicted octanol–water partition coefficient (Wildman–Crippen LogP) is 5.03. The Labute approximate surface area is 175 Å². The number of nitrogens with one attached hydrogen (secondary N) is 1. The van der Waals surface area contributed by atoms with E-state index in [0.717, 1.165) is 70.6 Å². The lowest BCUT2D eigenvalue weighted by Gasteiger charge is -2.54. The quantitative estimate of drug-likeness (QED) is 0.704. The van der Waals surface area contributed by atoms with Gasteiger partial charge in [-0.1, -0.05) is 36.8 Å². The van der Waals surface area contributed by atoms with Gasteiger partial charge in [-0.05, 0) is 86.5 Å². The first-order valence-corrected chi connectivity index (χ1v) is 11.7. The van der Waals surface area contributed by atoms with Crippen LogP contribution >= 0.6 is 0 Å². The number of alkyl halides is 1. The molecule has 3 fully saturated rings. The molecular formula is C25H37FN2O. The highest BCUT2D eigenvalue weighted by molar-refractivity contribution is 5.76. The molecule has 2 bridgehead atoms. The van der Waals surface area contributed by atoms with Crippen molar-refractivity contribution in [1.29, 1.82) is 0 Å². The van der Waals surface area contributed by atoms with E-state index < -0.39 is 0 Å². The average Bonchev–Trinajstić information content (AvgIpc) is 2.74. The zero-order chi connectivity index (χ0) is 20.3. The number of nitrogens with two attached hydrogens (primary N) is 1. The molecular weight excluding hydrogens is 363 g/mol. The number of hydrogen-bond donors (Lipinski definition) is 2. The van der Waals surface area contributed by atoms with Crippen LogP contribution in [0, 0.1) is 11.3 Å². The first kappa shape index (κ1) is 20.8. The van der Waals surface area contributed by atoms with Crippen LogP contribution in [-0.4, -0.2) is 24.7 Å². The van der Waals surface area contributed by atoms with Crippen LogP contribution in [0.1, 0.15) is 82.6 Å². The van der Waals surface area contributed by atoms with Crippen molar-refractivity contribution in [1.82, 2.24) is 5.32 Å². The van der Waals surface area contributed by atoms with E-state index in [1.807, 2.05) is 0 Å². The summed E-state index contributed by atoms with van der Waals surface area (Å²) >= 11 is 0. The summed E-state index contributed by atoms with van der Waals surface area (Å²) in [5.41, 5.74) is 7.28. The molecule has 3 saturated carbocycles. The van der Waals surface area contributed by atoms with Crippen LogP contribution in [0.25, 0.3) is 0 Å². The third-order valence-electron chi connectivity index (χ3n) is 8.06. The Balaban J connectivity index is 1.39. The van der Waals surface area contributed by atoms with Gasteiger partial charge in [0.25, 0.3) is 0 Å². The lowest BCUT2D eigenvalue weighted by atomic mass is 9.50. The summed E-state index contributed by atoms with van der Waals surface area (Å²) in [6.45, 7) is -0.216. The van der Waals surface area contributed by atoms with E-state index in [1.54, 1.807) is 0 Å². The van der Waals surface area contributed by atoms with Gasteiger partial charge in [0.05, 0.1) is 6.67 Å². The van der Waals surface area contributed by atoms with Crippen LogP contribution in [0.4, 0.5) is 4.39 Å². The van der Waals surface area contributed by atoms with Gasteiger partial charge in [0.2, 0.25) is 5.91 Å². The van der Waals surface area contributed by atoms with Crippen LogP contribution in [0.2, 0.25) is 0 Å². The molecule has 4 rings (SSSR count). The maximum atomic E-state index is 14.3. The van der Waals surface area contributed by atoms with Gasteiger partial charge in [-0.15, -0.1) is 0 Å². The van der Waals surface area contributed by atoms with Crippen molar-refractivity contribution in [2.24, 2.45) is 17.1 Å². The van der Waals surface area contributed by atoms with E-state index in [1.165, 1.54) is 5.56 Å². The number of carbonyl (C=O) groups is 1. The van der Waals surface area contributed by atoms with E-state index in [9.17, 15) is 9.18 Å². The first-order valence-electron chi connectivity index (χ1n) is 11.7. The lowest BCUT2D eigenvalue weighted by Crippen LogP contribution is -2.48. The minimum Gasteiger partial charge on any atom is -0.353 e.